The summed E-state index contributed by atoms with van der Waals surface area (Å²) in [6.07, 6.45) is 2.54. The van der Waals surface area contributed by atoms with Gasteiger partial charge in [-0.05, 0) is 49.5 Å². The van der Waals surface area contributed by atoms with E-state index in [9.17, 15) is 4.39 Å². The molecule has 0 atom stereocenters. The maximum Gasteiger partial charge on any atom is 0.170 e. The number of nitrogens with one attached hydrogen (secondary N) is 1. The van der Waals surface area contributed by atoms with E-state index in [1.165, 1.54) is 6.07 Å². The van der Waals surface area contributed by atoms with Crippen LogP contribution in [-0.4, -0.2) is 13.1 Å². The predicted molar refractivity (Wildman–Crippen MR) is 72.3 cm³/mol. The molecule has 0 aliphatic carbocycles. The van der Waals surface area contributed by atoms with Crippen LogP contribution in [0, 0.1) is 18.7 Å². The van der Waals surface area contributed by atoms with Crippen molar-refractivity contribution in [2.45, 2.75) is 27.2 Å². The Morgan fingerprint density at radius 2 is 2.11 bits per heavy atom. The number of hydrogen-bond acceptors (Lipinski definition) is 2. The Kier molecular flexibility index (Phi) is 4.02. The first kappa shape index (κ1) is 13.1. The largest absolute Gasteiger partial charge is 0.461 e. The Labute approximate surface area is 107 Å². The lowest BCUT2D eigenvalue weighted by Gasteiger charge is -2.06. The van der Waals surface area contributed by atoms with Gasteiger partial charge in [0.15, 0.2) is 11.4 Å². The molecule has 0 unspecified atom stereocenters. The van der Waals surface area contributed by atoms with E-state index < -0.39 is 0 Å². The molecule has 1 aromatic heterocycles. The van der Waals surface area contributed by atoms with Crippen LogP contribution >= 0.6 is 0 Å². The van der Waals surface area contributed by atoms with Gasteiger partial charge in [-0.2, -0.15) is 0 Å². The highest BCUT2D eigenvalue weighted by Crippen LogP contribution is 2.27. The van der Waals surface area contributed by atoms with Crippen LogP contribution in [0.15, 0.2) is 22.8 Å². The van der Waals surface area contributed by atoms with Crippen molar-refractivity contribution >= 4 is 11.0 Å². The van der Waals surface area contributed by atoms with Crippen LogP contribution in [0.1, 0.15) is 25.0 Å². The third-order valence-electron chi connectivity index (χ3n) is 3.08. The summed E-state index contributed by atoms with van der Waals surface area (Å²) in [4.78, 5) is 0. The Bertz CT molecular complexity index is 531. The van der Waals surface area contributed by atoms with Crippen LogP contribution in [0.5, 0.6) is 0 Å². The Morgan fingerprint density at radius 1 is 1.33 bits per heavy atom. The SMILES string of the molecule is Cc1ccc(F)c2occ(CCNCC(C)C)c12. The second kappa shape index (κ2) is 5.53. The fourth-order valence-electron chi connectivity index (χ4n) is 2.16. The van der Waals surface area contributed by atoms with Gasteiger partial charge in [-0.15, -0.1) is 0 Å². The quantitative estimate of drug-likeness (QED) is 0.818. The van der Waals surface area contributed by atoms with Gasteiger partial charge in [0.1, 0.15) is 0 Å². The number of rotatable bonds is 5. The van der Waals surface area contributed by atoms with Gasteiger partial charge in [-0.3, -0.25) is 0 Å². The highest BCUT2D eigenvalue weighted by molar-refractivity contribution is 5.85. The van der Waals surface area contributed by atoms with Crippen molar-refractivity contribution in [2.75, 3.05) is 13.1 Å². The highest BCUT2D eigenvalue weighted by atomic mass is 19.1. The molecule has 1 heterocycles. The predicted octanol–water partition coefficient (Wildman–Crippen LogP) is 3.67. The maximum absolute atomic E-state index is 13.6. The molecule has 98 valence electrons. The van der Waals surface area contributed by atoms with Gasteiger partial charge in [0.05, 0.1) is 6.26 Å². The molecule has 0 aliphatic rings. The normalized spacial score (nSPS) is 11.6. The van der Waals surface area contributed by atoms with Gasteiger partial charge in [0.25, 0.3) is 0 Å². The molecule has 1 N–H and O–H groups in total. The molecule has 1 aromatic carbocycles. The van der Waals surface area contributed by atoms with Crippen LogP contribution in [0.2, 0.25) is 0 Å². The smallest absolute Gasteiger partial charge is 0.170 e. The Hall–Kier alpha value is -1.35. The van der Waals surface area contributed by atoms with E-state index in [0.717, 1.165) is 36.0 Å². The summed E-state index contributed by atoms with van der Waals surface area (Å²) in [7, 11) is 0. The monoisotopic (exact) mass is 249 g/mol. The number of hydrogen-bond donors (Lipinski definition) is 1. The van der Waals surface area contributed by atoms with Crippen LogP contribution in [0.3, 0.4) is 0 Å². The number of halogens is 1. The minimum atomic E-state index is -0.281. The molecule has 0 fully saturated rings. The average Bonchev–Trinajstić information content (AvgIpc) is 2.74. The molecule has 0 aliphatic heterocycles. The molecule has 0 radical (unpaired) electrons. The molecule has 2 aromatic rings. The van der Waals surface area contributed by atoms with Crippen molar-refractivity contribution < 1.29 is 8.81 Å². The minimum absolute atomic E-state index is 0.281. The first-order chi connectivity index (χ1) is 8.59. The van der Waals surface area contributed by atoms with Crippen molar-refractivity contribution in [1.82, 2.24) is 5.32 Å². The fraction of sp³-hybridized carbons (Fsp3) is 0.467. The van der Waals surface area contributed by atoms with E-state index in [-0.39, 0.29) is 5.82 Å². The maximum atomic E-state index is 13.6. The zero-order chi connectivity index (χ0) is 13.1. The summed E-state index contributed by atoms with van der Waals surface area (Å²) in [6, 6.07) is 3.26. The Balaban J connectivity index is 2.12. The lowest BCUT2D eigenvalue weighted by Crippen LogP contribution is -2.22. The molecule has 0 bridgehead atoms. The van der Waals surface area contributed by atoms with Gasteiger partial charge in [0, 0.05) is 5.39 Å². The zero-order valence-corrected chi connectivity index (χ0v) is 11.2. The van der Waals surface area contributed by atoms with E-state index in [0.29, 0.717) is 11.5 Å². The topological polar surface area (TPSA) is 25.2 Å². The van der Waals surface area contributed by atoms with Crippen molar-refractivity contribution in [1.29, 1.82) is 0 Å². The second-order valence-corrected chi connectivity index (χ2v) is 5.18. The van der Waals surface area contributed by atoms with Gasteiger partial charge >= 0.3 is 0 Å². The number of aryl methyl sites for hydroxylation is 1. The summed E-state index contributed by atoms with van der Waals surface area (Å²) in [5, 5.41) is 4.32. The molecule has 18 heavy (non-hydrogen) atoms. The van der Waals surface area contributed by atoms with E-state index in [2.05, 4.69) is 19.2 Å². The van der Waals surface area contributed by atoms with Gasteiger partial charge < -0.3 is 9.73 Å². The molecular formula is C15H20FNO. The van der Waals surface area contributed by atoms with E-state index >= 15 is 0 Å². The van der Waals surface area contributed by atoms with Gasteiger partial charge in [-0.1, -0.05) is 19.9 Å². The van der Waals surface area contributed by atoms with E-state index in [1.807, 2.05) is 6.92 Å². The van der Waals surface area contributed by atoms with Gasteiger partial charge in [-0.25, -0.2) is 4.39 Å². The van der Waals surface area contributed by atoms with Crippen molar-refractivity contribution in [3.8, 4) is 0 Å². The minimum Gasteiger partial charge on any atom is -0.461 e. The molecule has 0 saturated carbocycles. The standard InChI is InChI=1S/C15H20FNO/c1-10(2)8-17-7-6-12-9-18-15-13(16)5-4-11(3)14(12)15/h4-5,9-10,17H,6-8H2,1-3H3. The summed E-state index contributed by atoms with van der Waals surface area (Å²) < 4.78 is 18.9. The van der Waals surface area contributed by atoms with E-state index in [1.54, 1.807) is 12.3 Å². The zero-order valence-electron chi connectivity index (χ0n) is 11.2. The lowest BCUT2D eigenvalue weighted by atomic mass is 10.1. The molecule has 3 heteroatoms. The summed E-state index contributed by atoms with van der Waals surface area (Å²) in [6.45, 7) is 8.24. The van der Waals surface area contributed by atoms with Crippen LogP contribution < -0.4 is 5.32 Å². The number of furan rings is 1. The number of benzene rings is 1. The van der Waals surface area contributed by atoms with Crippen LogP contribution in [0.4, 0.5) is 4.39 Å². The summed E-state index contributed by atoms with van der Waals surface area (Å²) >= 11 is 0. The van der Waals surface area contributed by atoms with Crippen molar-refractivity contribution in [3.63, 3.8) is 0 Å². The third-order valence-corrected chi connectivity index (χ3v) is 3.08. The third kappa shape index (κ3) is 2.72. The summed E-state index contributed by atoms with van der Waals surface area (Å²) in [5.74, 6) is 0.363. The molecular weight excluding hydrogens is 229 g/mol. The lowest BCUT2D eigenvalue weighted by molar-refractivity contribution is 0.546. The van der Waals surface area contributed by atoms with Crippen LogP contribution in [-0.2, 0) is 6.42 Å². The van der Waals surface area contributed by atoms with Crippen molar-refractivity contribution in [3.05, 3.63) is 35.3 Å². The molecule has 0 saturated heterocycles. The molecule has 2 rings (SSSR count). The first-order valence-corrected chi connectivity index (χ1v) is 6.45. The average molecular weight is 249 g/mol. The second-order valence-electron chi connectivity index (χ2n) is 5.18. The molecule has 2 nitrogen and oxygen atoms in total. The summed E-state index contributed by atoms with van der Waals surface area (Å²) in [5.41, 5.74) is 2.53. The molecule has 0 spiro atoms. The first-order valence-electron chi connectivity index (χ1n) is 6.45. The van der Waals surface area contributed by atoms with Gasteiger partial charge in [0.2, 0.25) is 0 Å². The molecule has 0 amide bonds. The highest BCUT2D eigenvalue weighted by Gasteiger charge is 2.12. The number of fused-ring (bicyclic) bond motifs is 1. The Morgan fingerprint density at radius 3 is 2.83 bits per heavy atom. The van der Waals surface area contributed by atoms with Crippen LogP contribution in [0.25, 0.3) is 11.0 Å². The van der Waals surface area contributed by atoms with E-state index in [4.69, 9.17) is 4.42 Å². The fourth-order valence-corrected chi connectivity index (χ4v) is 2.16. The van der Waals surface area contributed by atoms with Crippen molar-refractivity contribution in [2.24, 2.45) is 5.92 Å².